The standard InChI is InChI=1S/C18H22N2O/c1-4-19(15-8-6-5-7-9-15)18(21)17-12-13(2)20(14(17)3)16-10-11-16/h5-9,12,16H,4,10-11H2,1-3H3. The largest absolute Gasteiger partial charge is 0.345 e. The van der Waals surface area contributed by atoms with Gasteiger partial charge in [-0.2, -0.15) is 0 Å². The Kier molecular flexibility index (Phi) is 3.58. The summed E-state index contributed by atoms with van der Waals surface area (Å²) >= 11 is 0. The van der Waals surface area contributed by atoms with Crippen LogP contribution in [0.3, 0.4) is 0 Å². The molecule has 0 atom stereocenters. The van der Waals surface area contributed by atoms with Crippen LogP contribution in [-0.4, -0.2) is 17.0 Å². The number of rotatable bonds is 4. The SMILES string of the molecule is CCN(C(=O)c1cc(C)n(C2CC2)c1C)c1ccccc1. The average molecular weight is 282 g/mol. The van der Waals surface area contributed by atoms with E-state index < -0.39 is 0 Å². The lowest BCUT2D eigenvalue weighted by atomic mass is 10.2. The van der Waals surface area contributed by atoms with Gasteiger partial charge in [0.1, 0.15) is 0 Å². The van der Waals surface area contributed by atoms with Crippen LogP contribution in [0.1, 0.15) is 47.6 Å². The molecule has 1 fully saturated rings. The molecule has 0 aliphatic heterocycles. The van der Waals surface area contributed by atoms with Crippen molar-refractivity contribution >= 4 is 11.6 Å². The molecular weight excluding hydrogens is 260 g/mol. The zero-order valence-electron chi connectivity index (χ0n) is 13.0. The quantitative estimate of drug-likeness (QED) is 0.828. The maximum Gasteiger partial charge on any atom is 0.260 e. The van der Waals surface area contributed by atoms with Crippen LogP contribution in [0, 0.1) is 13.8 Å². The maximum absolute atomic E-state index is 12.9. The maximum atomic E-state index is 12.9. The highest BCUT2D eigenvalue weighted by Crippen LogP contribution is 2.38. The smallest absolute Gasteiger partial charge is 0.260 e. The fourth-order valence-corrected chi connectivity index (χ4v) is 3.09. The minimum Gasteiger partial charge on any atom is -0.345 e. The molecule has 2 aromatic rings. The summed E-state index contributed by atoms with van der Waals surface area (Å²) in [4.78, 5) is 14.8. The number of carbonyl (C=O) groups excluding carboxylic acids is 1. The van der Waals surface area contributed by atoms with Gasteiger partial charge in [0.25, 0.3) is 5.91 Å². The molecule has 1 amide bonds. The Morgan fingerprint density at radius 2 is 1.90 bits per heavy atom. The molecule has 3 nitrogen and oxygen atoms in total. The number of hydrogen-bond donors (Lipinski definition) is 0. The van der Waals surface area contributed by atoms with Gasteiger partial charge in [-0.1, -0.05) is 18.2 Å². The van der Waals surface area contributed by atoms with Gasteiger partial charge in [-0.15, -0.1) is 0 Å². The molecule has 0 saturated heterocycles. The second-order valence-electron chi connectivity index (χ2n) is 5.77. The molecule has 0 radical (unpaired) electrons. The van der Waals surface area contributed by atoms with E-state index in [1.165, 1.54) is 18.5 Å². The van der Waals surface area contributed by atoms with E-state index in [0.717, 1.165) is 16.9 Å². The Balaban J connectivity index is 1.96. The summed E-state index contributed by atoms with van der Waals surface area (Å²) in [6.07, 6.45) is 2.47. The summed E-state index contributed by atoms with van der Waals surface area (Å²) in [5.41, 5.74) is 4.10. The summed E-state index contributed by atoms with van der Waals surface area (Å²) in [5, 5.41) is 0. The first kappa shape index (κ1) is 13.9. The van der Waals surface area contributed by atoms with Crippen LogP contribution in [0.4, 0.5) is 5.69 Å². The van der Waals surface area contributed by atoms with E-state index in [4.69, 9.17) is 0 Å². The van der Waals surface area contributed by atoms with Crippen LogP contribution in [0.5, 0.6) is 0 Å². The number of amides is 1. The van der Waals surface area contributed by atoms with Gasteiger partial charge in [0.2, 0.25) is 0 Å². The van der Waals surface area contributed by atoms with Crippen molar-refractivity contribution in [3.63, 3.8) is 0 Å². The van der Waals surface area contributed by atoms with Gasteiger partial charge in [-0.25, -0.2) is 0 Å². The monoisotopic (exact) mass is 282 g/mol. The van der Waals surface area contributed by atoms with Gasteiger partial charge in [0.15, 0.2) is 0 Å². The molecular formula is C18H22N2O. The van der Waals surface area contributed by atoms with Crippen molar-refractivity contribution in [3.8, 4) is 0 Å². The van der Waals surface area contributed by atoms with Crippen LogP contribution in [0.15, 0.2) is 36.4 Å². The lowest BCUT2D eigenvalue weighted by Crippen LogP contribution is -2.30. The Labute approximate surface area is 126 Å². The van der Waals surface area contributed by atoms with Crippen LogP contribution in [0.2, 0.25) is 0 Å². The average Bonchev–Trinajstić information content (AvgIpc) is 3.27. The molecule has 1 heterocycles. The number of aromatic nitrogens is 1. The molecule has 1 aliphatic carbocycles. The highest BCUT2D eigenvalue weighted by molar-refractivity contribution is 6.07. The van der Waals surface area contributed by atoms with Crippen LogP contribution in [0.25, 0.3) is 0 Å². The van der Waals surface area contributed by atoms with Crippen molar-refractivity contribution in [2.24, 2.45) is 0 Å². The van der Waals surface area contributed by atoms with E-state index in [9.17, 15) is 4.79 Å². The van der Waals surface area contributed by atoms with E-state index in [1.54, 1.807) is 0 Å². The number of aryl methyl sites for hydroxylation is 1. The number of para-hydroxylation sites is 1. The minimum absolute atomic E-state index is 0.101. The molecule has 0 N–H and O–H groups in total. The van der Waals surface area contributed by atoms with Crippen molar-refractivity contribution in [2.45, 2.75) is 39.7 Å². The highest BCUT2D eigenvalue weighted by Gasteiger charge is 2.29. The predicted octanol–water partition coefficient (Wildman–Crippen LogP) is 4.11. The van der Waals surface area contributed by atoms with Crippen molar-refractivity contribution in [3.05, 3.63) is 53.3 Å². The number of benzene rings is 1. The van der Waals surface area contributed by atoms with Gasteiger partial charge in [-0.3, -0.25) is 4.79 Å². The summed E-state index contributed by atoms with van der Waals surface area (Å²) in [6.45, 7) is 6.86. The van der Waals surface area contributed by atoms with Crippen LogP contribution in [-0.2, 0) is 0 Å². The molecule has 0 bridgehead atoms. The molecule has 3 rings (SSSR count). The Bertz CT molecular complexity index is 653. The normalized spacial score (nSPS) is 14.2. The second kappa shape index (κ2) is 5.40. The highest BCUT2D eigenvalue weighted by atomic mass is 16.2. The number of hydrogen-bond acceptors (Lipinski definition) is 1. The Morgan fingerprint density at radius 1 is 1.24 bits per heavy atom. The van der Waals surface area contributed by atoms with E-state index in [0.29, 0.717) is 12.6 Å². The van der Waals surface area contributed by atoms with E-state index in [2.05, 4.69) is 18.4 Å². The second-order valence-corrected chi connectivity index (χ2v) is 5.77. The fraction of sp³-hybridized carbons (Fsp3) is 0.389. The first-order valence-electron chi connectivity index (χ1n) is 7.68. The Morgan fingerprint density at radius 3 is 2.48 bits per heavy atom. The third-order valence-electron chi connectivity index (χ3n) is 4.26. The summed E-state index contributed by atoms with van der Waals surface area (Å²) in [6, 6.07) is 12.5. The first-order valence-corrected chi connectivity index (χ1v) is 7.68. The first-order chi connectivity index (χ1) is 10.1. The number of nitrogens with zero attached hydrogens (tertiary/aromatic N) is 2. The number of anilines is 1. The third-order valence-corrected chi connectivity index (χ3v) is 4.26. The van der Waals surface area contributed by atoms with E-state index in [-0.39, 0.29) is 5.91 Å². The number of carbonyl (C=O) groups is 1. The lowest BCUT2D eigenvalue weighted by molar-refractivity contribution is 0.0987. The van der Waals surface area contributed by atoms with Crippen LogP contribution < -0.4 is 4.90 Å². The van der Waals surface area contributed by atoms with Gasteiger partial charge in [0, 0.05) is 29.7 Å². The van der Waals surface area contributed by atoms with Crippen molar-refractivity contribution in [1.29, 1.82) is 0 Å². The molecule has 1 saturated carbocycles. The zero-order chi connectivity index (χ0) is 15.0. The van der Waals surface area contributed by atoms with Gasteiger partial charge in [-0.05, 0) is 51.8 Å². The van der Waals surface area contributed by atoms with Crippen molar-refractivity contribution in [1.82, 2.24) is 4.57 Å². The minimum atomic E-state index is 0.101. The zero-order valence-corrected chi connectivity index (χ0v) is 13.0. The topological polar surface area (TPSA) is 25.2 Å². The van der Waals surface area contributed by atoms with Crippen LogP contribution >= 0.6 is 0 Å². The van der Waals surface area contributed by atoms with Gasteiger partial charge in [0.05, 0.1) is 5.56 Å². The molecule has 3 heteroatoms. The fourth-order valence-electron chi connectivity index (χ4n) is 3.09. The molecule has 1 aliphatic rings. The summed E-state index contributed by atoms with van der Waals surface area (Å²) in [7, 11) is 0. The summed E-state index contributed by atoms with van der Waals surface area (Å²) in [5.74, 6) is 0.101. The predicted molar refractivity (Wildman–Crippen MR) is 86.0 cm³/mol. The molecule has 1 aromatic carbocycles. The van der Waals surface area contributed by atoms with E-state index >= 15 is 0 Å². The molecule has 0 spiro atoms. The Hall–Kier alpha value is -2.03. The third kappa shape index (κ3) is 2.48. The van der Waals surface area contributed by atoms with Gasteiger partial charge < -0.3 is 9.47 Å². The van der Waals surface area contributed by atoms with Gasteiger partial charge >= 0.3 is 0 Å². The summed E-state index contributed by atoms with van der Waals surface area (Å²) < 4.78 is 2.33. The van der Waals surface area contributed by atoms with E-state index in [1.807, 2.05) is 48.2 Å². The lowest BCUT2D eigenvalue weighted by Gasteiger charge is -2.21. The molecule has 0 unspecified atom stereocenters. The van der Waals surface area contributed by atoms with Crippen molar-refractivity contribution < 1.29 is 4.79 Å². The molecule has 1 aromatic heterocycles. The van der Waals surface area contributed by atoms with Crippen molar-refractivity contribution in [2.75, 3.05) is 11.4 Å². The molecule has 110 valence electrons. The molecule has 21 heavy (non-hydrogen) atoms.